The van der Waals surface area contributed by atoms with Crippen molar-refractivity contribution in [3.8, 4) is 0 Å². The quantitative estimate of drug-likeness (QED) is 0.804. The minimum atomic E-state index is -0.568. The van der Waals surface area contributed by atoms with E-state index in [4.69, 9.17) is 17.3 Å². The van der Waals surface area contributed by atoms with Crippen molar-refractivity contribution in [2.24, 2.45) is 5.73 Å². The van der Waals surface area contributed by atoms with Crippen LogP contribution in [-0.4, -0.2) is 35.0 Å². The van der Waals surface area contributed by atoms with Gasteiger partial charge in [-0.05, 0) is 29.3 Å². The highest BCUT2D eigenvalue weighted by atomic mass is 35.5. The van der Waals surface area contributed by atoms with Crippen LogP contribution < -0.4 is 5.73 Å². The molecule has 2 aromatic rings. The van der Waals surface area contributed by atoms with Crippen LogP contribution in [0.2, 0.25) is 5.02 Å². The van der Waals surface area contributed by atoms with Crippen LogP contribution in [-0.2, 0) is 17.8 Å². The summed E-state index contributed by atoms with van der Waals surface area (Å²) in [6.07, 6.45) is 0.0413. The molecule has 2 aromatic carbocycles. The number of primary amides is 1. The number of halogens is 1. The summed E-state index contributed by atoms with van der Waals surface area (Å²) in [5, 5.41) is 9.82. The Kier molecular flexibility index (Phi) is 6.35. The summed E-state index contributed by atoms with van der Waals surface area (Å²) >= 11 is 5.97. The van der Waals surface area contributed by atoms with Gasteiger partial charge in [-0.1, -0.05) is 41.9 Å². The number of hydrogen-bond donors (Lipinski definition) is 2. The Morgan fingerprint density at radius 3 is 2.54 bits per heavy atom. The van der Waals surface area contributed by atoms with E-state index in [0.717, 1.165) is 5.56 Å². The first-order valence-electron chi connectivity index (χ1n) is 7.52. The van der Waals surface area contributed by atoms with Crippen LogP contribution >= 0.6 is 11.6 Å². The predicted molar refractivity (Wildman–Crippen MR) is 92.6 cm³/mol. The van der Waals surface area contributed by atoms with Gasteiger partial charge in [0.05, 0.1) is 13.0 Å². The average molecular weight is 347 g/mol. The summed E-state index contributed by atoms with van der Waals surface area (Å²) in [6.45, 7) is 0.381. The second-order valence-electron chi connectivity index (χ2n) is 5.37. The van der Waals surface area contributed by atoms with Crippen LogP contribution in [0.25, 0.3) is 0 Å². The molecule has 0 saturated heterocycles. The van der Waals surface area contributed by atoms with Crippen LogP contribution in [0, 0.1) is 0 Å². The van der Waals surface area contributed by atoms with E-state index in [1.807, 2.05) is 12.1 Å². The van der Waals surface area contributed by atoms with E-state index in [1.165, 1.54) is 4.90 Å². The fourth-order valence-electron chi connectivity index (χ4n) is 2.46. The molecule has 24 heavy (non-hydrogen) atoms. The van der Waals surface area contributed by atoms with E-state index < -0.39 is 5.91 Å². The zero-order chi connectivity index (χ0) is 17.5. The first-order valence-corrected chi connectivity index (χ1v) is 7.90. The van der Waals surface area contributed by atoms with E-state index in [9.17, 15) is 14.7 Å². The molecule has 0 fully saturated rings. The molecule has 0 atom stereocenters. The Balaban J connectivity index is 2.16. The summed E-state index contributed by atoms with van der Waals surface area (Å²) in [5.74, 6) is -0.764. The maximum Gasteiger partial charge on any atom is 0.248 e. The standard InChI is InChI=1S/C18H19ClN2O3/c19-15-6-3-4-13(10-15)12-21(8-9-22)17(23)11-14-5-1-2-7-16(14)18(20)24/h1-7,10,22H,8-9,11-12H2,(H2,20,24). The third-order valence-electron chi connectivity index (χ3n) is 3.61. The summed E-state index contributed by atoms with van der Waals surface area (Å²) in [5.41, 5.74) is 7.12. The zero-order valence-corrected chi connectivity index (χ0v) is 13.9. The van der Waals surface area contributed by atoms with E-state index in [0.29, 0.717) is 22.7 Å². The summed E-state index contributed by atoms with van der Waals surface area (Å²) in [6, 6.07) is 14.0. The molecule has 0 aromatic heterocycles. The molecule has 3 N–H and O–H groups in total. The number of rotatable bonds is 7. The molecule has 2 rings (SSSR count). The molecule has 0 aliphatic carbocycles. The van der Waals surface area contributed by atoms with Crippen molar-refractivity contribution in [2.75, 3.05) is 13.2 Å². The fourth-order valence-corrected chi connectivity index (χ4v) is 2.67. The minimum absolute atomic E-state index is 0.0413. The summed E-state index contributed by atoms with van der Waals surface area (Å²) in [7, 11) is 0. The van der Waals surface area contributed by atoms with E-state index in [-0.39, 0.29) is 25.5 Å². The molecule has 0 bridgehead atoms. The van der Waals surface area contributed by atoms with Crippen LogP contribution in [0.5, 0.6) is 0 Å². The van der Waals surface area contributed by atoms with Gasteiger partial charge in [-0.3, -0.25) is 9.59 Å². The number of aliphatic hydroxyl groups is 1. The van der Waals surface area contributed by atoms with E-state index >= 15 is 0 Å². The number of carbonyl (C=O) groups excluding carboxylic acids is 2. The first-order chi connectivity index (χ1) is 11.5. The van der Waals surface area contributed by atoms with Crippen LogP contribution in [0.15, 0.2) is 48.5 Å². The lowest BCUT2D eigenvalue weighted by molar-refractivity contribution is -0.131. The average Bonchev–Trinajstić information content (AvgIpc) is 2.55. The van der Waals surface area contributed by atoms with Gasteiger partial charge < -0.3 is 15.7 Å². The van der Waals surface area contributed by atoms with Gasteiger partial charge in [0.15, 0.2) is 0 Å². The topological polar surface area (TPSA) is 83.6 Å². The number of carbonyl (C=O) groups is 2. The van der Waals surface area contributed by atoms with Crippen molar-refractivity contribution in [1.29, 1.82) is 0 Å². The molecule has 0 aliphatic rings. The van der Waals surface area contributed by atoms with Gasteiger partial charge in [0.25, 0.3) is 0 Å². The molecule has 0 saturated carbocycles. The maximum atomic E-state index is 12.6. The number of aliphatic hydroxyl groups excluding tert-OH is 1. The number of nitrogens with zero attached hydrogens (tertiary/aromatic N) is 1. The Bertz CT molecular complexity index is 734. The van der Waals surface area contributed by atoms with Gasteiger partial charge >= 0.3 is 0 Å². The summed E-state index contributed by atoms with van der Waals surface area (Å²) < 4.78 is 0. The second kappa shape index (κ2) is 8.47. The lowest BCUT2D eigenvalue weighted by Gasteiger charge is -2.22. The number of nitrogens with two attached hydrogens (primary N) is 1. The van der Waals surface area contributed by atoms with Crippen molar-refractivity contribution >= 4 is 23.4 Å². The van der Waals surface area contributed by atoms with Gasteiger partial charge in [0.2, 0.25) is 11.8 Å². The Hall–Kier alpha value is -2.37. The van der Waals surface area contributed by atoms with Crippen LogP contribution in [0.4, 0.5) is 0 Å². The van der Waals surface area contributed by atoms with Crippen molar-refractivity contribution in [1.82, 2.24) is 4.90 Å². The lowest BCUT2D eigenvalue weighted by atomic mass is 10.0. The second-order valence-corrected chi connectivity index (χ2v) is 5.80. The monoisotopic (exact) mass is 346 g/mol. The smallest absolute Gasteiger partial charge is 0.248 e. The normalized spacial score (nSPS) is 10.4. The van der Waals surface area contributed by atoms with Crippen molar-refractivity contribution in [3.63, 3.8) is 0 Å². The van der Waals surface area contributed by atoms with Crippen LogP contribution in [0.1, 0.15) is 21.5 Å². The van der Waals surface area contributed by atoms with Gasteiger partial charge in [-0.25, -0.2) is 0 Å². The number of benzene rings is 2. The zero-order valence-electron chi connectivity index (χ0n) is 13.1. The van der Waals surface area contributed by atoms with Crippen molar-refractivity contribution < 1.29 is 14.7 Å². The number of hydrogen-bond acceptors (Lipinski definition) is 3. The Labute approximate surface area is 145 Å². The van der Waals surface area contributed by atoms with Crippen molar-refractivity contribution in [3.05, 3.63) is 70.2 Å². The molecule has 0 heterocycles. The molecular weight excluding hydrogens is 328 g/mol. The predicted octanol–water partition coefficient (Wildman–Crippen LogP) is 2.00. The molecule has 2 amide bonds. The highest BCUT2D eigenvalue weighted by Crippen LogP contribution is 2.15. The van der Waals surface area contributed by atoms with Gasteiger partial charge in [-0.2, -0.15) is 0 Å². The molecule has 6 heteroatoms. The van der Waals surface area contributed by atoms with E-state index in [2.05, 4.69) is 0 Å². The highest BCUT2D eigenvalue weighted by Gasteiger charge is 2.17. The van der Waals surface area contributed by atoms with E-state index in [1.54, 1.807) is 36.4 Å². The first kappa shape index (κ1) is 18.0. The Morgan fingerprint density at radius 2 is 1.88 bits per heavy atom. The number of amides is 2. The van der Waals surface area contributed by atoms with Gasteiger partial charge in [0.1, 0.15) is 0 Å². The van der Waals surface area contributed by atoms with Crippen molar-refractivity contribution in [2.45, 2.75) is 13.0 Å². The molecule has 0 aliphatic heterocycles. The third-order valence-corrected chi connectivity index (χ3v) is 3.84. The molecular formula is C18H19ClN2O3. The Morgan fingerprint density at radius 1 is 1.12 bits per heavy atom. The maximum absolute atomic E-state index is 12.6. The molecule has 0 spiro atoms. The molecule has 5 nitrogen and oxygen atoms in total. The molecule has 0 radical (unpaired) electrons. The summed E-state index contributed by atoms with van der Waals surface area (Å²) in [4.78, 5) is 25.6. The fraction of sp³-hybridized carbons (Fsp3) is 0.222. The largest absolute Gasteiger partial charge is 0.395 e. The SMILES string of the molecule is NC(=O)c1ccccc1CC(=O)N(CCO)Cc1cccc(Cl)c1. The van der Waals surface area contributed by atoms with Gasteiger partial charge in [0, 0.05) is 23.7 Å². The third kappa shape index (κ3) is 4.81. The van der Waals surface area contributed by atoms with Gasteiger partial charge in [-0.15, -0.1) is 0 Å². The highest BCUT2D eigenvalue weighted by molar-refractivity contribution is 6.30. The minimum Gasteiger partial charge on any atom is -0.395 e. The van der Waals surface area contributed by atoms with Crippen LogP contribution in [0.3, 0.4) is 0 Å². The molecule has 0 unspecified atom stereocenters. The molecule has 126 valence electrons. The lowest BCUT2D eigenvalue weighted by Crippen LogP contribution is -2.34.